The Kier molecular flexibility index (Phi) is 1.68. The minimum Gasteiger partial charge on any atom is -0.342 e. The van der Waals surface area contributed by atoms with Gasteiger partial charge in [0.25, 0.3) is 0 Å². The first-order valence-corrected chi connectivity index (χ1v) is 4.97. The summed E-state index contributed by atoms with van der Waals surface area (Å²) in [6.45, 7) is 2.07. The zero-order valence-electron chi connectivity index (χ0n) is 8.36. The van der Waals surface area contributed by atoms with Crippen LogP contribution in [0.4, 0.5) is 0 Å². The molecule has 74 valence electrons. The van der Waals surface area contributed by atoms with Crippen LogP contribution in [-0.2, 0) is 6.42 Å². The Morgan fingerprint density at radius 3 is 2.87 bits per heavy atom. The molecule has 0 bridgehead atoms. The molecule has 0 spiro atoms. The van der Waals surface area contributed by atoms with E-state index >= 15 is 0 Å². The van der Waals surface area contributed by atoms with Crippen molar-refractivity contribution >= 4 is 22.1 Å². The number of imidazole rings is 1. The van der Waals surface area contributed by atoms with E-state index < -0.39 is 0 Å². The number of aryl methyl sites for hydroxylation is 1. The second-order valence-corrected chi connectivity index (χ2v) is 3.42. The van der Waals surface area contributed by atoms with Crippen LogP contribution in [-0.4, -0.2) is 19.9 Å². The summed E-state index contributed by atoms with van der Waals surface area (Å²) in [6.07, 6.45) is 4.29. The Morgan fingerprint density at radius 1 is 1.13 bits per heavy atom. The molecule has 0 aliphatic heterocycles. The average Bonchev–Trinajstić information content (AvgIpc) is 2.72. The van der Waals surface area contributed by atoms with Gasteiger partial charge in [-0.25, -0.2) is 4.98 Å². The summed E-state index contributed by atoms with van der Waals surface area (Å²) in [5, 5.41) is 0. The number of rotatable bonds is 1. The number of H-pyrrole nitrogens is 1. The van der Waals surface area contributed by atoms with E-state index in [2.05, 4.69) is 26.9 Å². The van der Waals surface area contributed by atoms with E-state index in [9.17, 15) is 0 Å². The summed E-state index contributed by atoms with van der Waals surface area (Å²) in [4.78, 5) is 16.3. The Hall–Kier alpha value is -1.97. The van der Waals surface area contributed by atoms with Gasteiger partial charge >= 0.3 is 0 Å². The molecule has 0 saturated carbocycles. The lowest BCUT2D eigenvalue weighted by Crippen LogP contribution is -1.83. The molecule has 2 heterocycles. The molecule has 3 rings (SSSR count). The van der Waals surface area contributed by atoms with Gasteiger partial charge in [0.15, 0.2) is 0 Å². The van der Waals surface area contributed by atoms with Gasteiger partial charge in [0.05, 0.1) is 11.0 Å². The van der Waals surface area contributed by atoms with Crippen molar-refractivity contribution in [1.29, 1.82) is 0 Å². The van der Waals surface area contributed by atoms with Gasteiger partial charge in [-0.2, -0.15) is 0 Å². The van der Waals surface area contributed by atoms with Gasteiger partial charge in [-0.15, -0.1) is 0 Å². The zero-order chi connectivity index (χ0) is 10.3. The summed E-state index contributed by atoms with van der Waals surface area (Å²) in [5.74, 6) is 0.989. The average molecular weight is 198 g/mol. The van der Waals surface area contributed by atoms with Gasteiger partial charge in [0.2, 0.25) is 0 Å². The standard InChI is InChI=1S/C11H10N4/c1-2-9-14-8-4-3-7-10(11(8)15-9)13-6-5-12-7/h3-6H,2H2,1H3,(H,14,15). The maximum absolute atomic E-state index is 4.50. The van der Waals surface area contributed by atoms with E-state index in [0.29, 0.717) is 0 Å². The molecule has 0 atom stereocenters. The second-order valence-electron chi connectivity index (χ2n) is 3.42. The maximum atomic E-state index is 4.50. The Balaban J connectivity index is 2.47. The van der Waals surface area contributed by atoms with E-state index in [4.69, 9.17) is 0 Å². The molecule has 0 fully saturated rings. The first kappa shape index (κ1) is 8.35. The van der Waals surface area contributed by atoms with Crippen LogP contribution in [0.5, 0.6) is 0 Å². The highest BCUT2D eigenvalue weighted by atomic mass is 14.9. The molecule has 1 aromatic carbocycles. The van der Waals surface area contributed by atoms with Gasteiger partial charge in [-0.1, -0.05) is 6.92 Å². The first-order chi connectivity index (χ1) is 7.38. The molecule has 0 unspecified atom stereocenters. The highest BCUT2D eigenvalue weighted by molar-refractivity contribution is 5.99. The van der Waals surface area contributed by atoms with Crippen LogP contribution in [0.15, 0.2) is 24.5 Å². The lowest BCUT2D eigenvalue weighted by molar-refractivity contribution is 1.00. The van der Waals surface area contributed by atoms with Crippen LogP contribution in [0.25, 0.3) is 22.1 Å². The van der Waals surface area contributed by atoms with Crippen molar-refractivity contribution in [3.8, 4) is 0 Å². The fourth-order valence-corrected chi connectivity index (χ4v) is 1.72. The number of hydrogen-bond acceptors (Lipinski definition) is 3. The monoisotopic (exact) mass is 198 g/mol. The number of benzene rings is 1. The van der Waals surface area contributed by atoms with Gasteiger partial charge in [-0.05, 0) is 12.1 Å². The Morgan fingerprint density at radius 2 is 2.00 bits per heavy atom. The fourth-order valence-electron chi connectivity index (χ4n) is 1.72. The molecular weight excluding hydrogens is 188 g/mol. The van der Waals surface area contributed by atoms with Crippen LogP contribution in [0, 0.1) is 0 Å². The Labute approximate surface area is 86.4 Å². The number of aromatic nitrogens is 4. The van der Waals surface area contributed by atoms with Crippen molar-refractivity contribution in [2.75, 3.05) is 0 Å². The molecule has 0 aliphatic rings. The lowest BCUT2D eigenvalue weighted by Gasteiger charge is -1.94. The molecule has 1 N–H and O–H groups in total. The number of nitrogens with one attached hydrogen (secondary N) is 1. The van der Waals surface area contributed by atoms with Crippen molar-refractivity contribution in [1.82, 2.24) is 19.9 Å². The third kappa shape index (κ3) is 1.18. The van der Waals surface area contributed by atoms with E-state index in [-0.39, 0.29) is 0 Å². The molecule has 4 heteroatoms. The summed E-state index contributed by atoms with van der Waals surface area (Å²) in [5.41, 5.74) is 3.70. The fraction of sp³-hybridized carbons (Fsp3) is 0.182. The van der Waals surface area contributed by atoms with E-state index in [1.807, 2.05) is 12.1 Å². The SMILES string of the molecule is CCc1nc2c(ccc3nccnc32)[nH]1. The second kappa shape index (κ2) is 3.02. The zero-order valence-corrected chi connectivity index (χ0v) is 8.36. The lowest BCUT2D eigenvalue weighted by atomic mass is 10.2. The van der Waals surface area contributed by atoms with E-state index in [1.54, 1.807) is 12.4 Å². The number of aromatic amines is 1. The van der Waals surface area contributed by atoms with Gasteiger partial charge in [0, 0.05) is 18.8 Å². The van der Waals surface area contributed by atoms with Crippen molar-refractivity contribution < 1.29 is 0 Å². The summed E-state index contributed by atoms with van der Waals surface area (Å²) >= 11 is 0. The highest BCUT2D eigenvalue weighted by Crippen LogP contribution is 2.19. The van der Waals surface area contributed by atoms with Crippen LogP contribution < -0.4 is 0 Å². The summed E-state index contributed by atoms with van der Waals surface area (Å²) < 4.78 is 0. The van der Waals surface area contributed by atoms with Crippen molar-refractivity contribution in [2.45, 2.75) is 13.3 Å². The molecule has 0 aliphatic carbocycles. The smallest absolute Gasteiger partial charge is 0.116 e. The van der Waals surface area contributed by atoms with Crippen molar-refractivity contribution in [3.63, 3.8) is 0 Å². The molecular formula is C11H10N4. The van der Waals surface area contributed by atoms with Crippen LogP contribution in [0.3, 0.4) is 0 Å². The number of hydrogen-bond donors (Lipinski definition) is 1. The van der Waals surface area contributed by atoms with Gasteiger partial charge in [-0.3, -0.25) is 9.97 Å². The normalized spacial score (nSPS) is 11.3. The molecule has 3 aromatic rings. The molecule has 4 nitrogen and oxygen atoms in total. The molecule has 0 saturated heterocycles. The van der Waals surface area contributed by atoms with Crippen molar-refractivity contribution in [3.05, 3.63) is 30.4 Å². The van der Waals surface area contributed by atoms with Crippen LogP contribution in [0.1, 0.15) is 12.7 Å². The van der Waals surface area contributed by atoms with E-state index in [1.165, 1.54) is 0 Å². The minimum atomic E-state index is 0.867. The Bertz CT molecular complexity index is 627. The summed E-state index contributed by atoms with van der Waals surface area (Å²) in [6, 6.07) is 3.96. The third-order valence-electron chi connectivity index (χ3n) is 2.47. The van der Waals surface area contributed by atoms with Crippen LogP contribution >= 0.6 is 0 Å². The minimum absolute atomic E-state index is 0.867. The highest BCUT2D eigenvalue weighted by Gasteiger charge is 2.06. The number of fused-ring (bicyclic) bond motifs is 3. The molecule has 0 amide bonds. The van der Waals surface area contributed by atoms with Gasteiger partial charge < -0.3 is 4.98 Å². The predicted octanol–water partition coefficient (Wildman–Crippen LogP) is 2.07. The largest absolute Gasteiger partial charge is 0.342 e. The topological polar surface area (TPSA) is 54.5 Å². The maximum Gasteiger partial charge on any atom is 0.116 e. The predicted molar refractivity (Wildman–Crippen MR) is 58.6 cm³/mol. The third-order valence-corrected chi connectivity index (χ3v) is 2.47. The molecule has 15 heavy (non-hydrogen) atoms. The molecule has 2 aromatic heterocycles. The van der Waals surface area contributed by atoms with Gasteiger partial charge in [0.1, 0.15) is 16.9 Å². The van der Waals surface area contributed by atoms with Crippen molar-refractivity contribution in [2.24, 2.45) is 0 Å². The van der Waals surface area contributed by atoms with Crippen LogP contribution in [0.2, 0.25) is 0 Å². The molecule has 0 radical (unpaired) electrons. The quantitative estimate of drug-likeness (QED) is 0.651. The summed E-state index contributed by atoms with van der Waals surface area (Å²) in [7, 11) is 0. The first-order valence-electron chi connectivity index (χ1n) is 4.97. The van der Waals surface area contributed by atoms with E-state index in [0.717, 1.165) is 34.3 Å². The number of nitrogens with zero attached hydrogens (tertiary/aromatic N) is 3.